The number of rotatable bonds is 4. The molecule has 3 N–H and O–H groups in total. The summed E-state index contributed by atoms with van der Waals surface area (Å²) in [7, 11) is 3.03. The number of hydrogen-bond donors (Lipinski definition) is 3. The van der Waals surface area contributed by atoms with Gasteiger partial charge in [0.1, 0.15) is 11.5 Å². The first-order valence-electron chi connectivity index (χ1n) is 7.34. The van der Waals surface area contributed by atoms with Crippen molar-refractivity contribution in [3.05, 3.63) is 57.2 Å². The molecular weight excluding hydrogens is 469 g/mol. The van der Waals surface area contributed by atoms with Gasteiger partial charge in [0.25, 0.3) is 11.8 Å². The van der Waals surface area contributed by atoms with Gasteiger partial charge in [0.2, 0.25) is 0 Å². The quantitative estimate of drug-likeness (QED) is 0.350. The zero-order chi connectivity index (χ0) is 19.1. The molecular formula is C17H16IN3O4S. The summed E-state index contributed by atoms with van der Waals surface area (Å²) >= 11 is 7.09. The summed E-state index contributed by atoms with van der Waals surface area (Å²) in [6.45, 7) is 0. The molecule has 7 nitrogen and oxygen atoms in total. The predicted molar refractivity (Wildman–Crippen MR) is 109 cm³/mol. The third-order valence-electron chi connectivity index (χ3n) is 3.28. The highest BCUT2D eigenvalue weighted by Gasteiger charge is 2.14. The average molecular weight is 485 g/mol. The minimum Gasteiger partial charge on any atom is -0.496 e. The van der Waals surface area contributed by atoms with Gasteiger partial charge in [-0.2, -0.15) is 0 Å². The SMILES string of the molecule is COc1ccc(C(=O)NNC(=S)NC(=O)c2ccccc2OC)cc1I. The molecule has 9 heteroatoms. The summed E-state index contributed by atoms with van der Waals surface area (Å²) in [6, 6.07) is 11.7. The average Bonchev–Trinajstić information content (AvgIpc) is 2.65. The van der Waals surface area contributed by atoms with E-state index in [4.69, 9.17) is 21.7 Å². The fourth-order valence-corrected chi connectivity index (χ4v) is 2.91. The lowest BCUT2D eigenvalue weighted by molar-refractivity contribution is 0.0934. The molecule has 0 spiro atoms. The van der Waals surface area contributed by atoms with Crippen molar-refractivity contribution in [2.75, 3.05) is 14.2 Å². The standard InChI is InChI=1S/C17H16IN3O4S/c1-24-13-6-4-3-5-11(13)16(23)19-17(26)21-20-15(22)10-7-8-14(25-2)12(18)9-10/h3-9H,1-2H3,(H,20,22)(H2,19,21,23,26). The minimum atomic E-state index is -0.451. The van der Waals surface area contributed by atoms with Crippen LogP contribution in [0.3, 0.4) is 0 Å². The summed E-state index contributed by atoms with van der Waals surface area (Å²) in [4.78, 5) is 24.4. The highest BCUT2D eigenvalue weighted by atomic mass is 127. The molecule has 26 heavy (non-hydrogen) atoms. The maximum absolute atomic E-state index is 12.2. The number of halogens is 1. The van der Waals surface area contributed by atoms with Gasteiger partial charge in [0.15, 0.2) is 5.11 Å². The Morgan fingerprint density at radius 1 is 0.962 bits per heavy atom. The van der Waals surface area contributed by atoms with Crippen LogP contribution in [0.2, 0.25) is 0 Å². The van der Waals surface area contributed by atoms with Gasteiger partial charge in [-0.1, -0.05) is 12.1 Å². The highest BCUT2D eigenvalue weighted by Crippen LogP contribution is 2.21. The molecule has 0 unspecified atom stereocenters. The molecule has 2 amide bonds. The third kappa shape index (κ3) is 5.05. The molecule has 0 atom stereocenters. The first kappa shape index (κ1) is 19.9. The summed E-state index contributed by atoms with van der Waals surface area (Å²) in [5, 5.41) is 2.43. The number of carbonyl (C=O) groups excluding carboxylic acids is 2. The summed E-state index contributed by atoms with van der Waals surface area (Å²) in [6.07, 6.45) is 0. The Labute approximate surface area is 169 Å². The molecule has 0 bridgehead atoms. The number of amides is 2. The number of nitrogens with one attached hydrogen (secondary N) is 3. The van der Waals surface area contributed by atoms with Crippen molar-refractivity contribution in [3.63, 3.8) is 0 Å². The van der Waals surface area contributed by atoms with Crippen LogP contribution in [0.4, 0.5) is 0 Å². The van der Waals surface area contributed by atoms with Crippen LogP contribution < -0.4 is 25.6 Å². The molecule has 0 fully saturated rings. The number of ether oxygens (including phenoxy) is 2. The topological polar surface area (TPSA) is 88.7 Å². The molecule has 0 saturated heterocycles. The molecule has 0 aliphatic heterocycles. The smallest absolute Gasteiger partial charge is 0.269 e. The van der Waals surface area contributed by atoms with Gasteiger partial charge >= 0.3 is 0 Å². The Kier molecular flexibility index (Phi) is 7.16. The van der Waals surface area contributed by atoms with Crippen molar-refractivity contribution < 1.29 is 19.1 Å². The molecule has 2 rings (SSSR count). The van der Waals surface area contributed by atoms with Crippen molar-refractivity contribution >= 4 is 51.7 Å². The first-order chi connectivity index (χ1) is 12.5. The lowest BCUT2D eigenvalue weighted by Gasteiger charge is -2.12. The Bertz CT molecular complexity index is 845. The fraction of sp³-hybridized carbons (Fsp3) is 0.118. The third-order valence-corrected chi connectivity index (χ3v) is 4.33. The second-order valence-electron chi connectivity index (χ2n) is 4.91. The molecule has 0 radical (unpaired) electrons. The van der Waals surface area contributed by atoms with Crippen LogP contribution in [0.5, 0.6) is 11.5 Å². The van der Waals surface area contributed by atoms with Crippen LogP contribution in [-0.4, -0.2) is 31.1 Å². The number of hydrazine groups is 1. The Balaban J connectivity index is 1.93. The van der Waals surface area contributed by atoms with Gasteiger partial charge in [-0.05, 0) is 65.1 Å². The molecule has 2 aromatic rings. The lowest BCUT2D eigenvalue weighted by atomic mass is 10.2. The van der Waals surface area contributed by atoms with Crippen molar-refractivity contribution in [2.45, 2.75) is 0 Å². The predicted octanol–water partition coefficient (Wildman–Crippen LogP) is 2.26. The summed E-state index contributed by atoms with van der Waals surface area (Å²) in [5.74, 6) is 0.243. The maximum atomic E-state index is 12.2. The minimum absolute atomic E-state index is 0.0440. The van der Waals surface area contributed by atoms with Gasteiger partial charge in [-0.3, -0.25) is 25.8 Å². The van der Waals surface area contributed by atoms with Crippen LogP contribution in [0.25, 0.3) is 0 Å². The molecule has 0 saturated carbocycles. The van der Waals surface area contributed by atoms with Crippen LogP contribution in [-0.2, 0) is 0 Å². The number of thiocarbonyl (C=S) groups is 1. The normalized spacial score (nSPS) is 9.81. The van der Waals surface area contributed by atoms with E-state index in [0.717, 1.165) is 3.57 Å². The van der Waals surface area contributed by atoms with Crippen molar-refractivity contribution in [3.8, 4) is 11.5 Å². The van der Waals surface area contributed by atoms with Gasteiger partial charge in [0, 0.05) is 5.56 Å². The Hall–Kier alpha value is -2.40. The highest BCUT2D eigenvalue weighted by molar-refractivity contribution is 14.1. The monoisotopic (exact) mass is 485 g/mol. The molecule has 0 aliphatic carbocycles. The van der Waals surface area contributed by atoms with E-state index in [9.17, 15) is 9.59 Å². The van der Waals surface area contributed by atoms with Crippen LogP contribution >= 0.6 is 34.8 Å². The number of benzene rings is 2. The molecule has 136 valence electrons. The lowest BCUT2D eigenvalue weighted by Crippen LogP contribution is -2.48. The Morgan fingerprint density at radius 3 is 2.31 bits per heavy atom. The van der Waals surface area contributed by atoms with Crippen LogP contribution in [0.1, 0.15) is 20.7 Å². The molecule has 2 aromatic carbocycles. The van der Waals surface area contributed by atoms with Crippen molar-refractivity contribution in [2.24, 2.45) is 0 Å². The first-order valence-corrected chi connectivity index (χ1v) is 8.83. The van der Waals surface area contributed by atoms with Gasteiger partial charge in [-0.15, -0.1) is 0 Å². The number of carbonyl (C=O) groups is 2. The van der Waals surface area contributed by atoms with E-state index in [-0.39, 0.29) is 5.11 Å². The molecule has 0 aromatic heterocycles. The van der Waals surface area contributed by atoms with Gasteiger partial charge < -0.3 is 9.47 Å². The summed E-state index contributed by atoms with van der Waals surface area (Å²) < 4.78 is 11.1. The van der Waals surface area contributed by atoms with Gasteiger partial charge in [0.05, 0.1) is 23.4 Å². The zero-order valence-corrected chi connectivity index (χ0v) is 16.9. The van der Waals surface area contributed by atoms with E-state index in [1.54, 1.807) is 49.6 Å². The van der Waals surface area contributed by atoms with E-state index in [2.05, 4.69) is 38.8 Å². The number of methoxy groups -OCH3 is 2. The van der Waals surface area contributed by atoms with Crippen LogP contribution in [0.15, 0.2) is 42.5 Å². The fourth-order valence-electron chi connectivity index (χ4n) is 2.03. The summed E-state index contributed by atoms with van der Waals surface area (Å²) in [5.41, 5.74) is 5.67. The van der Waals surface area contributed by atoms with E-state index in [1.807, 2.05) is 0 Å². The second kappa shape index (κ2) is 9.34. The zero-order valence-electron chi connectivity index (χ0n) is 14.0. The largest absolute Gasteiger partial charge is 0.496 e. The van der Waals surface area contributed by atoms with E-state index in [1.165, 1.54) is 7.11 Å². The van der Waals surface area contributed by atoms with E-state index < -0.39 is 11.8 Å². The van der Waals surface area contributed by atoms with Gasteiger partial charge in [-0.25, -0.2) is 0 Å². The number of para-hydroxylation sites is 1. The number of hydrogen-bond acceptors (Lipinski definition) is 5. The van der Waals surface area contributed by atoms with E-state index >= 15 is 0 Å². The van der Waals surface area contributed by atoms with Crippen molar-refractivity contribution in [1.82, 2.24) is 16.2 Å². The van der Waals surface area contributed by atoms with E-state index in [0.29, 0.717) is 22.6 Å². The Morgan fingerprint density at radius 2 is 1.65 bits per heavy atom. The second-order valence-corrected chi connectivity index (χ2v) is 6.48. The maximum Gasteiger partial charge on any atom is 0.269 e. The van der Waals surface area contributed by atoms with Crippen LogP contribution in [0, 0.1) is 3.57 Å². The molecule has 0 aliphatic rings. The molecule has 0 heterocycles. The van der Waals surface area contributed by atoms with Crippen molar-refractivity contribution in [1.29, 1.82) is 0 Å².